The van der Waals surface area contributed by atoms with Crippen molar-refractivity contribution in [2.75, 3.05) is 17.2 Å². The quantitative estimate of drug-likeness (QED) is 0.429. The summed E-state index contributed by atoms with van der Waals surface area (Å²) >= 11 is 3.38. The average Bonchev–Trinajstić information content (AvgIpc) is 2.74. The minimum absolute atomic E-state index is 0.0711. The number of benzene rings is 3. The Morgan fingerprint density at radius 1 is 0.966 bits per heavy atom. The summed E-state index contributed by atoms with van der Waals surface area (Å²) in [6.07, 6.45) is 0. The molecule has 6 heteroatoms. The lowest BCUT2D eigenvalue weighted by Crippen LogP contribution is -2.22. The fourth-order valence-corrected chi connectivity index (χ4v) is 3.30. The molecule has 0 saturated heterocycles. The third-order valence-electron chi connectivity index (χ3n) is 4.43. The number of fused-ring (bicyclic) bond motifs is 1. The second-order valence-corrected chi connectivity index (χ2v) is 7.61. The predicted octanol–water partition coefficient (Wildman–Crippen LogP) is 5.42. The lowest BCUT2D eigenvalue weighted by molar-refractivity contribution is -0.114. The Kier molecular flexibility index (Phi) is 5.53. The molecule has 3 aromatic carbocycles. The Bertz CT molecular complexity index is 1160. The molecular formula is C23H19BrN4O. The maximum atomic E-state index is 12.3. The zero-order valence-corrected chi connectivity index (χ0v) is 17.4. The van der Waals surface area contributed by atoms with Crippen molar-refractivity contribution in [2.45, 2.75) is 6.92 Å². The van der Waals surface area contributed by atoms with Crippen molar-refractivity contribution in [2.24, 2.45) is 0 Å². The van der Waals surface area contributed by atoms with E-state index in [1.165, 1.54) is 0 Å². The van der Waals surface area contributed by atoms with Gasteiger partial charge in [0.2, 0.25) is 11.9 Å². The van der Waals surface area contributed by atoms with Gasteiger partial charge in [-0.3, -0.25) is 4.79 Å². The number of anilines is 2. The summed E-state index contributed by atoms with van der Waals surface area (Å²) in [4.78, 5) is 21.6. The molecule has 4 rings (SSSR count). The molecule has 2 N–H and O–H groups in total. The number of carbonyl (C=O) groups is 1. The first kappa shape index (κ1) is 19.1. The van der Waals surface area contributed by atoms with Gasteiger partial charge < -0.3 is 10.6 Å². The predicted molar refractivity (Wildman–Crippen MR) is 121 cm³/mol. The van der Waals surface area contributed by atoms with E-state index in [1.807, 2.05) is 73.7 Å². The van der Waals surface area contributed by atoms with Crippen LogP contribution >= 0.6 is 15.9 Å². The largest absolute Gasteiger partial charge is 0.345 e. The number of aryl methyl sites for hydroxylation is 1. The third-order valence-corrected chi connectivity index (χ3v) is 4.96. The highest BCUT2D eigenvalue weighted by molar-refractivity contribution is 9.10. The summed E-state index contributed by atoms with van der Waals surface area (Å²) < 4.78 is 0.960. The molecule has 4 aromatic rings. The summed E-state index contributed by atoms with van der Waals surface area (Å²) in [5, 5.41) is 6.89. The van der Waals surface area contributed by atoms with Gasteiger partial charge in [-0.2, -0.15) is 0 Å². The van der Waals surface area contributed by atoms with Crippen LogP contribution in [0.15, 0.2) is 77.3 Å². The normalized spacial score (nSPS) is 10.7. The van der Waals surface area contributed by atoms with Gasteiger partial charge in [-0.25, -0.2) is 9.97 Å². The molecule has 0 radical (unpaired) electrons. The van der Waals surface area contributed by atoms with E-state index in [1.54, 1.807) is 0 Å². The summed E-state index contributed by atoms with van der Waals surface area (Å²) in [7, 11) is 0. The van der Waals surface area contributed by atoms with Gasteiger partial charge in [0.1, 0.15) is 0 Å². The Labute approximate surface area is 177 Å². The number of carbonyl (C=O) groups excluding carboxylic acids is 1. The average molecular weight is 447 g/mol. The standard InChI is InChI=1S/C23H19BrN4O/c1-15-7-12-20-19(13-15)22(16-5-3-2-4-6-16)28-23(27-20)25-14-21(29)26-18-10-8-17(24)9-11-18/h2-13H,14H2,1H3,(H,26,29)(H,25,27,28). The van der Waals surface area contributed by atoms with Crippen molar-refractivity contribution in [3.05, 3.63) is 82.8 Å². The minimum Gasteiger partial charge on any atom is -0.345 e. The van der Waals surface area contributed by atoms with Crippen molar-refractivity contribution < 1.29 is 4.79 Å². The second-order valence-electron chi connectivity index (χ2n) is 6.69. The van der Waals surface area contributed by atoms with Gasteiger partial charge in [0.05, 0.1) is 17.8 Å². The molecule has 144 valence electrons. The maximum Gasteiger partial charge on any atom is 0.243 e. The van der Waals surface area contributed by atoms with Crippen molar-refractivity contribution in [3.63, 3.8) is 0 Å². The van der Waals surface area contributed by atoms with E-state index in [9.17, 15) is 4.79 Å². The Hall–Kier alpha value is -3.25. The van der Waals surface area contributed by atoms with E-state index in [-0.39, 0.29) is 12.5 Å². The molecule has 0 aliphatic carbocycles. The van der Waals surface area contributed by atoms with Gasteiger partial charge in [0.15, 0.2) is 0 Å². The zero-order valence-electron chi connectivity index (χ0n) is 15.8. The van der Waals surface area contributed by atoms with Gasteiger partial charge in [-0.05, 0) is 43.3 Å². The van der Waals surface area contributed by atoms with Gasteiger partial charge in [0.25, 0.3) is 0 Å². The number of amides is 1. The summed E-state index contributed by atoms with van der Waals surface area (Å²) in [6.45, 7) is 2.12. The number of hydrogen-bond acceptors (Lipinski definition) is 4. The van der Waals surface area contributed by atoms with E-state index >= 15 is 0 Å². The SMILES string of the molecule is Cc1ccc2nc(NCC(=O)Nc3ccc(Br)cc3)nc(-c3ccccc3)c2c1. The maximum absolute atomic E-state index is 12.3. The summed E-state index contributed by atoms with van der Waals surface area (Å²) in [5.41, 5.74) is 4.57. The number of halogens is 1. The van der Waals surface area contributed by atoms with Crippen molar-refractivity contribution in [1.29, 1.82) is 0 Å². The van der Waals surface area contributed by atoms with Crippen LogP contribution in [0.1, 0.15) is 5.56 Å². The van der Waals surface area contributed by atoms with E-state index in [0.717, 1.165) is 37.9 Å². The summed E-state index contributed by atoms with van der Waals surface area (Å²) in [6, 6.07) is 23.5. The van der Waals surface area contributed by atoms with Crippen molar-refractivity contribution >= 4 is 44.4 Å². The highest BCUT2D eigenvalue weighted by atomic mass is 79.9. The van der Waals surface area contributed by atoms with Crippen LogP contribution in [0, 0.1) is 6.92 Å². The molecule has 0 aliphatic heterocycles. The van der Waals surface area contributed by atoms with Gasteiger partial charge in [-0.1, -0.05) is 57.9 Å². The van der Waals surface area contributed by atoms with Crippen LogP contribution in [0.4, 0.5) is 11.6 Å². The van der Waals surface area contributed by atoms with Gasteiger partial charge >= 0.3 is 0 Å². The molecular weight excluding hydrogens is 428 g/mol. The van der Waals surface area contributed by atoms with E-state index in [0.29, 0.717) is 5.95 Å². The molecule has 1 amide bonds. The minimum atomic E-state index is -0.166. The Balaban J connectivity index is 1.58. The Morgan fingerprint density at radius 3 is 2.48 bits per heavy atom. The molecule has 0 atom stereocenters. The molecule has 0 fully saturated rings. The van der Waals surface area contributed by atoms with Crippen molar-refractivity contribution in [1.82, 2.24) is 9.97 Å². The first-order valence-corrected chi connectivity index (χ1v) is 10.0. The van der Waals surface area contributed by atoms with Gasteiger partial charge in [0, 0.05) is 21.1 Å². The van der Waals surface area contributed by atoms with Crippen LogP contribution < -0.4 is 10.6 Å². The molecule has 0 bridgehead atoms. The molecule has 1 heterocycles. The molecule has 1 aromatic heterocycles. The first-order valence-electron chi connectivity index (χ1n) is 9.21. The van der Waals surface area contributed by atoms with E-state index in [2.05, 4.69) is 37.6 Å². The molecule has 0 aliphatic rings. The third kappa shape index (κ3) is 4.60. The van der Waals surface area contributed by atoms with Crippen LogP contribution in [0.3, 0.4) is 0 Å². The highest BCUT2D eigenvalue weighted by Crippen LogP contribution is 2.28. The fourth-order valence-electron chi connectivity index (χ4n) is 3.04. The molecule has 0 spiro atoms. The van der Waals surface area contributed by atoms with Crippen LogP contribution in [-0.4, -0.2) is 22.4 Å². The smallest absolute Gasteiger partial charge is 0.243 e. The molecule has 29 heavy (non-hydrogen) atoms. The van der Waals surface area contributed by atoms with Crippen molar-refractivity contribution in [3.8, 4) is 11.3 Å². The lowest BCUT2D eigenvalue weighted by atomic mass is 10.0. The number of aromatic nitrogens is 2. The number of rotatable bonds is 5. The topological polar surface area (TPSA) is 66.9 Å². The van der Waals surface area contributed by atoms with Crippen LogP contribution in [0.5, 0.6) is 0 Å². The first-order chi connectivity index (χ1) is 14.1. The van der Waals surface area contributed by atoms with Crippen LogP contribution in [-0.2, 0) is 4.79 Å². The monoisotopic (exact) mass is 446 g/mol. The number of hydrogen-bond donors (Lipinski definition) is 2. The van der Waals surface area contributed by atoms with Crippen LogP contribution in [0.2, 0.25) is 0 Å². The van der Waals surface area contributed by atoms with E-state index in [4.69, 9.17) is 4.98 Å². The van der Waals surface area contributed by atoms with E-state index < -0.39 is 0 Å². The zero-order chi connectivity index (χ0) is 20.2. The lowest BCUT2D eigenvalue weighted by Gasteiger charge is -2.11. The van der Waals surface area contributed by atoms with Crippen LogP contribution in [0.25, 0.3) is 22.2 Å². The molecule has 0 unspecified atom stereocenters. The number of nitrogens with zero attached hydrogens (tertiary/aromatic N) is 2. The second kappa shape index (κ2) is 8.41. The fraction of sp³-hybridized carbons (Fsp3) is 0.0870. The summed E-state index contributed by atoms with van der Waals surface area (Å²) in [5.74, 6) is 0.257. The molecule has 5 nitrogen and oxygen atoms in total. The number of nitrogens with one attached hydrogen (secondary N) is 2. The molecule has 0 saturated carbocycles. The Morgan fingerprint density at radius 2 is 1.72 bits per heavy atom. The van der Waals surface area contributed by atoms with Gasteiger partial charge in [-0.15, -0.1) is 0 Å². The highest BCUT2D eigenvalue weighted by Gasteiger charge is 2.11.